The summed E-state index contributed by atoms with van der Waals surface area (Å²) in [5, 5.41) is 14.3. The standard InChI is InChI=1S/C8H16N6S2/c1-4-6(12-14-8(16)10-3)5-11-13-7(15)9-2/h5H,4H2,1-3H3,(H2,9,13,15)(H2,10,14,16)/b11-5+,12-6?. The summed E-state index contributed by atoms with van der Waals surface area (Å²) in [6.45, 7) is 1.96. The van der Waals surface area contributed by atoms with Gasteiger partial charge in [0, 0.05) is 14.1 Å². The normalized spacial score (nSPS) is 11.1. The Hall–Kier alpha value is -1.28. The van der Waals surface area contributed by atoms with Crippen LogP contribution in [0.1, 0.15) is 13.3 Å². The van der Waals surface area contributed by atoms with Gasteiger partial charge in [0.1, 0.15) is 0 Å². The van der Waals surface area contributed by atoms with E-state index in [0.717, 1.165) is 12.1 Å². The molecule has 6 nitrogen and oxygen atoms in total. The molecule has 0 saturated carbocycles. The highest BCUT2D eigenvalue weighted by Crippen LogP contribution is 1.81. The summed E-state index contributed by atoms with van der Waals surface area (Å²) in [7, 11) is 3.43. The van der Waals surface area contributed by atoms with E-state index >= 15 is 0 Å². The van der Waals surface area contributed by atoms with E-state index < -0.39 is 0 Å². The van der Waals surface area contributed by atoms with Crippen LogP contribution in [-0.2, 0) is 0 Å². The lowest BCUT2D eigenvalue weighted by atomic mass is 10.3. The van der Waals surface area contributed by atoms with E-state index in [1.807, 2.05) is 6.92 Å². The van der Waals surface area contributed by atoms with Crippen LogP contribution < -0.4 is 21.5 Å². The van der Waals surface area contributed by atoms with Crippen LogP contribution in [0.2, 0.25) is 0 Å². The molecule has 0 aromatic carbocycles. The molecule has 0 radical (unpaired) electrons. The number of nitrogens with zero attached hydrogens (tertiary/aromatic N) is 2. The second-order valence-electron chi connectivity index (χ2n) is 2.60. The van der Waals surface area contributed by atoms with Crippen molar-refractivity contribution < 1.29 is 0 Å². The molecule has 4 N–H and O–H groups in total. The van der Waals surface area contributed by atoms with Crippen molar-refractivity contribution in [2.24, 2.45) is 10.2 Å². The van der Waals surface area contributed by atoms with Gasteiger partial charge in [0.15, 0.2) is 10.2 Å². The largest absolute Gasteiger partial charge is 0.364 e. The van der Waals surface area contributed by atoms with Gasteiger partial charge in [-0.25, -0.2) is 0 Å². The second-order valence-corrected chi connectivity index (χ2v) is 3.41. The van der Waals surface area contributed by atoms with Crippen molar-refractivity contribution in [3.05, 3.63) is 0 Å². The molecule has 0 aliphatic heterocycles. The Morgan fingerprint density at radius 3 is 2.19 bits per heavy atom. The van der Waals surface area contributed by atoms with Crippen LogP contribution in [0.25, 0.3) is 0 Å². The Bertz CT molecular complexity index is 299. The number of hydrogen-bond donors (Lipinski definition) is 4. The van der Waals surface area contributed by atoms with Crippen LogP contribution >= 0.6 is 24.4 Å². The van der Waals surface area contributed by atoms with Crippen molar-refractivity contribution in [1.29, 1.82) is 0 Å². The van der Waals surface area contributed by atoms with E-state index in [-0.39, 0.29) is 0 Å². The molecule has 0 aromatic rings. The highest BCUT2D eigenvalue weighted by Gasteiger charge is 1.93. The molecule has 0 aliphatic rings. The monoisotopic (exact) mass is 260 g/mol. The molecular formula is C8H16N6S2. The van der Waals surface area contributed by atoms with Crippen molar-refractivity contribution in [1.82, 2.24) is 21.5 Å². The minimum Gasteiger partial charge on any atom is -0.364 e. The topological polar surface area (TPSA) is 72.8 Å². The predicted molar refractivity (Wildman–Crippen MR) is 75.8 cm³/mol. The number of rotatable bonds is 4. The maximum atomic E-state index is 4.87. The van der Waals surface area contributed by atoms with E-state index in [1.54, 1.807) is 20.3 Å². The van der Waals surface area contributed by atoms with Gasteiger partial charge in [-0.1, -0.05) is 6.92 Å². The predicted octanol–water partition coefficient (Wildman–Crippen LogP) is -0.0740. The van der Waals surface area contributed by atoms with Crippen molar-refractivity contribution in [3.8, 4) is 0 Å². The first-order valence-electron chi connectivity index (χ1n) is 4.69. The average Bonchev–Trinajstić information content (AvgIpc) is 2.32. The van der Waals surface area contributed by atoms with Gasteiger partial charge in [-0.15, -0.1) is 0 Å². The average molecular weight is 260 g/mol. The summed E-state index contributed by atoms with van der Waals surface area (Å²) < 4.78 is 0. The first-order valence-corrected chi connectivity index (χ1v) is 5.50. The van der Waals surface area contributed by atoms with Crippen molar-refractivity contribution >= 4 is 46.6 Å². The first kappa shape index (κ1) is 14.7. The van der Waals surface area contributed by atoms with Gasteiger partial charge in [-0.3, -0.25) is 10.9 Å². The van der Waals surface area contributed by atoms with E-state index in [0.29, 0.717) is 10.2 Å². The minimum atomic E-state index is 0.449. The number of hydrazone groups is 2. The molecule has 90 valence electrons. The van der Waals surface area contributed by atoms with Crippen molar-refractivity contribution in [2.45, 2.75) is 13.3 Å². The van der Waals surface area contributed by atoms with Crippen molar-refractivity contribution in [3.63, 3.8) is 0 Å². The zero-order valence-corrected chi connectivity index (χ0v) is 11.1. The third-order valence-electron chi connectivity index (χ3n) is 1.50. The summed E-state index contributed by atoms with van der Waals surface area (Å²) in [5.74, 6) is 0. The lowest BCUT2D eigenvalue weighted by molar-refractivity contribution is 0.963. The maximum absolute atomic E-state index is 4.87. The molecule has 0 saturated heterocycles. The molecule has 0 unspecified atom stereocenters. The fourth-order valence-corrected chi connectivity index (χ4v) is 0.697. The molecule has 16 heavy (non-hydrogen) atoms. The smallest absolute Gasteiger partial charge is 0.186 e. The Balaban J connectivity index is 4.18. The number of thiocarbonyl (C=S) groups is 2. The second kappa shape index (κ2) is 8.98. The Morgan fingerprint density at radius 2 is 1.69 bits per heavy atom. The molecular weight excluding hydrogens is 244 g/mol. The number of hydrogen-bond acceptors (Lipinski definition) is 4. The van der Waals surface area contributed by atoms with Gasteiger partial charge >= 0.3 is 0 Å². The summed E-state index contributed by atoms with van der Waals surface area (Å²) in [6.07, 6.45) is 2.31. The zero-order valence-electron chi connectivity index (χ0n) is 9.50. The summed E-state index contributed by atoms with van der Waals surface area (Å²) in [4.78, 5) is 0. The maximum Gasteiger partial charge on any atom is 0.186 e. The number of nitrogens with one attached hydrogen (secondary N) is 4. The minimum absolute atomic E-state index is 0.449. The third-order valence-corrected chi connectivity index (χ3v) is 2.09. The molecule has 0 atom stereocenters. The van der Waals surface area contributed by atoms with Crippen LogP contribution in [0, 0.1) is 0 Å². The van der Waals surface area contributed by atoms with Gasteiger partial charge in [0.25, 0.3) is 0 Å². The van der Waals surface area contributed by atoms with Crippen LogP contribution in [0.3, 0.4) is 0 Å². The van der Waals surface area contributed by atoms with E-state index in [2.05, 4.69) is 31.7 Å². The molecule has 0 rings (SSSR count). The van der Waals surface area contributed by atoms with Gasteiger partial charge in [-0.2, -0.15) is 10.2 Å². The van der Waals surface area contributed by atoms with Crippen LogP contribution in [0.5, 0.6) is 0 Å². The van der Waals surface area contributed by atoms with Gasteiger partial charge in [0.2, 0.25) is 0 Å². The molecule has 0 heterocycles. The van der Waals surface area contributed by atoms with E-state index in [9.17, 15) is 0 Å². The molecule has 0 fully saturated rings. The Kier molecular flexibility index (Phi) is 8.26. The quantitative estimate of drug-likeness (QED) is 0.322. The SMILES string of the molecule is CCC(/C=N/NC(=S)NC)=NNC(=S)NC. The summed E-state index contributed by atoms with van der Waals surface area (Å²) >= 11 is 9.72. The van der Waals surface area contributed by atoms with Crippen LogP contribution in [0.4, 0.5) is 0 Å². The molecule has 0 aliphatic carbocycles. The van der Waals surface area contributed by atoms with Gasteiger partial charge < -0.3 is 10.6 Å². The lowest BCUT2D eigenvalue weighted by Crippen LogP contribution is -2.30. The highest BCUT2D eigenvalue weighted by atomic mass is 32.1. The third kappa shape index (κ3) is 7.07. The fraction of sp³-hybridized carbons (Fsp3) is 0.500. The zero-order chi connectivity index (χ0) is 12.4. The molecule has 8 heteroatoms. The van der Waals surface area contributed by atoms with Crippen molar-refractivity contribution in [2.75, 3.05) is 14.1 Å². The molecule has 0 bridgehead atoms. The Morgan fingerprint density at radius 1 is 1.12 bits per heavy atom. The fourth-order valence-electron chi connectivity index (χ4n) is 0.599. The molecule has 0 amide bonds. The summed E-state index contributed by atoms with van der Waals surface area (Å²) in [5.41, 5.74) is 6.06. The molecule has 0 aromatic heterocycles. The lowest BCUT2D eigenvalue weighted by Gasteiger charge is -2.03. The Labute approximate surface area is 106 Å². The van der Waals surface area contributed by atoms with Gasteiger partial charge in [0.05, 0.1) is 11.9 Å². The van der Waals surface area contributed by atoms with E-state index in [4.69, 9.17) is 24.4 Å². The van der Waals surface area contributed by atoms with Gasteiger partial charge in [-0.05, 0) is 30.9 Å². The van der Waals surface area contributed by atoms with Crippen LogP contribution in [0.15, 0.2) is 10.2 Å². The first-order chi connectivity index (χ1) is 7.63. The highest BCUT2D eigenvalue weighted by molar-refractivity contribution is 7.80. The van der Waals surface area contributed by atoms with Crippen LogP contribution in [-0.4, -0.2) is 36.2 Å². The molecule has 0 spiro atoms. The van der Waals surface area contributed by atoms with E-state index in [1.165, 1.54) is 0 Å². The summed E-state index contributed by atoms with van der Waals surface area (Å²) in [6, 6.07) is 0.